The number of ether oxygens (including phenoxy) is 3. The Morgan fingerprint density at radius 3 is 2.06 bits per heavy atom. The fourth-order valence-corrected chi connectivity index (χ4v) is 9.63. The van der Waals surface area contributed by atoms with Gasteiger partial charge in [-0.25, -0.2) is 4.79 Å². The van der Waals surface area contributed by atoms with Crippen LogP contribution in [0.25, 0.3) is 0 Å². The molecule has 0 aromatic carbocycles. The Balaban J connectivity index is 2.44. The minimum atomic E-state index is -2.48. The van der Waals surface area contributed by atoms with E-state index in [9.17, 15) is 70.6 Å². The molecule has 20 heteroatoms. The highest BCUT2D eigenvalue weighted by atomic mass is 16.7. The van der Waals surface area contributed by atoms with Gasteiger partial charge in [-0.3, -0.25) is 14.6 Å². The zero-order valence-corrected chi connectivity index (χ0v) is 47.1. The molecule has 18 unspecified atom stereocenters. The quantitative estimate of drug-likeness (QED) is 0.0331. The number of nitrogens with one attached hydrogen (secondary N) is 2. The van der Waals surface area contributed by atoms with Gasteiger partial charge in [0.25, 0.3) is 0 Å². The van der Waals surface area contributed by atoms with Gasteiger partial charge in [-0.05, 0) is 82.6 Å². The molecule has 2 aliphatic heterocycles. The third kappa shape index (κ3) is 25.7. The van der Waals surface area contributed by atoms with Crippen molar-refractivity contribution < 1.29 is 84.8 Å². The Kier molecular flexibility index (Phi) is 31.9. The van der Waals surface area contributed by atoms with Gasteiger partial charge in [-0.2, -0.15) is 0 Å². The molecule has 2 aliphatic rings. The second-order valence-electron chi connectivity index (χ2n) is 21.8. The fourth-order valence-electron chi connectivity index (χ4n) is 9.63. The van der Waals surface area contributed by atoms with Crippen LogP contribution in [0.15, 0.2) is 64.7 Å². The third-order valence-corrected chi connectivity index (χ3v) is 15.0. The number of aliphatic hydroxyl groups is 10. The molecule has 2 heterocycles. The van der Waals surface area contributed by atoms with E-state index in [-0.39, 0.29) is 63.2 Å². The number of aliphatic imine (C=N–C) groups is 1. The van der Waals surface area contributed by atoms with Gasteiger partial charge in [0.1, 0.15) is 24.7 Å². The summed E-state index contributed by atoms with van der Waals surface area (Å²) >= 11 is 0. The van der Waals surface area contributed by atoms with Crippen LogP contribution in [0.3, 0.4) is 0 Å². The SMILES string of the molecule is CN=C(NC)NCCC/C=C/CCCC(C)C1OC(=O)/C(C)=C/C=C/C(C)C(O)CC(O)C(C)C(O)CCC(C)C(O)CC2(O)OC(CC(O)CC(OC(=O)CC(=O)O)CC(O)CC(O)/C(C)=C/C=C/C1C)CC(O)C2O. The number of aliphatic carboxylic acids is 1. The summed E-state index contributed by atoms with van der Waals surface area (Å²) in [6.45, 7) is 13.1. The summed E-state index contributed by atoms with van der Waals surface area (Å²) in [5.74, 6) is -6.98. The number of carboxylic acid groups (broad SMARTS) is 1. The van der Waals surface area contributed by atoms with Crippen LogP contribution in [0.2, 0.25) is 0 Å². The highest BCUT2D eigenvalue weighted by Crippen LogP contribution is 2.36. The number of cyclic esters (lactones) is 1. The van der Waals surface area contributed by atoms with Gasteiger partial charge in [0.2, 0.25) is 0 Å². The highest BCUT2D eigenvalue weighted by Gasteiger charge is 2.50. The molecule has 0 spiro atoms. The number of esters is 2. The average Bonchev–Trinajstić information content (AvgIpc) is 3.35. The van der Waals surface area contributed by atoms with E-state index >= 15 is 0 Å². The Morgan fingerprint density at radius 1 is 0.805 bits per heavy atom. The molecule has 0 amide bonds. The fraction of sp³-hybridized carbons (Fsp3) is 0.754. The van der Waals surface area contributed by atoms with Gasteiger partial charge in [-0.1, -0.05) is 83.2 Å². The topological polar surface area (TPSA) is 338 Å². The van der Waals surface area contributed by atoms with Gasteiger partial charge in [0, 0.05) is 82.5 Å². The van der Waals surface area contributed by atoms with Crippen molar-refractivity contribution in [2.24, 2.45) is 34.6 Å². The third-order valence-electron chi connectivity index (χ3n) is 15.0. The number of rotatable bonds is 12. The van der Waals surface area contributed by atoms with Crippen molar-refractivity contribution >= 4 is 23.9 Å². The van der Waals surface area contributed by atoms with Crippen molar-refractivity contribution in [1.82, 2.24) is 10.6 Å². The number of guanidine groups is 1. The number of aliphatic hydroxyl groups excluding tert-OH is 9. The van der Waals surface area contributed by atoms with Crippen LogP contribution in [-0.2, 0) is 28.6 Å². The standard InChI is InChI=1S/C57H97N3O17/c1-34-19-16-21-38(5)53(37(4)18-14-12-10-11-13-15-25-60-56(58-8)59-9)76-55(73)39(6)22-17-20-35(2)47(65)31-48(66)40(7)45(63)24-23-36(3)50(68)33-57(74)54(72)49(67)30-44(77-57)28-41(61)26-43(27-42(62)29-46(34)64)75-52(71)32-51(69)70/h10-11,16-17,19-22,35-38,40-50,53-54,61-68,72,74H,12-15,18,23-33H2,1-9H3,(H,69,70)(H2,58,59,60)/b11-10+,20-17+,21-16+,34-19+,39-22+. The first kappa shape index (κ1) is 69.0. The van der Waals surface area contributed by atoms with Crippen LogP contribution in [-0.4, -0.2) is 180 Å². The van der Waals surface area contributed by atoms with E-state index in [1.54, 1.807) is 72.0 Å². The summed E-state index contributed by atoms with van der Waals surface area (Å²) in [6, 6.07) is 0. The number of hydrogen-bond acceptors (Lipinski definition) is 17. The molecule has 0 aromatic rings. The Bertz CT molecular complexity index is 1940. The van der Waals surface area contributed by atoms with Crippen molar-refractivity contribution in [1.29, 1.82) is 0 Å². The molecule has 442 valence electrons. The van der Waals surface area contributed by atoms with E-state index in [0.717, 1.165) is 44.6 Å². The van der Waals surface area contributed by atoms with Crippen molar-refractivity contribution in [2.45, 2.75) is 224 Å². The first-order chi connectivity index (χ1) is 36.2. The zero-order chi connectivity index (χ0) is 58.0. The smallest absolute Gasteiger partial charge is 0.334 e. The molecule has 2 rings (SSSR count). The maximum atomic E-state index is 13.7. The first-order valence-corrected chi connectivity index (χ1v) is 27.6. The van der Waals surface area contributed by atoms with E-state index < -0.39 is 128 Å². The summed E-state index contributed by atoms with van der Waals surface area (Å²) in [6.07, 6.45) is 1.35. The number of fused-ring (bicyclic) bond motifs is 2. The molecule has 1 fully saturated rings. The highest BCUT2D eigenvalue weighted by molar-refractivity contribution is 5.90. The number of unbranched alkanes of at least 4 members (excludes halogenated alkanes) is 2. The summed E-state index contributed by atoms with van der Waals surface area (Å²) in [5.41, 5.74) is 0.779. The maximum absolute atomic E-state index is 13.7. The maximum Gasteiger partial charge on any atom is 0.334 e. The van der Waals surface area contributed by atoms with Gasteiger partial charge in [0.15, 0.2) is 11.7 Å². The minimum Gasteiger partial charge on any atom is -0.481 e. The number of nitrogens with zero attached hydrogens (tertiary/aromatic N) is 1. The summed E-state index contributed by atoms with van der Waals surface area (Å²) in [5, 5.41) is 127. The molecule has 0 aromatic heterocycles. The summed E-state index contributed by atoms with van der Waals surface area (Å²) < 4.78 is 17.4. The average molecular weight is 1100 g/mol. The first-order valence-electron chi connectivity index (χ1n) is 27.6. The monoisotopic (exact) mass is 1100 g/mol. The van der Waals surface area contributed by atoms with Gasteiger partial charge < -0.3 is 81.0 Å². The van der Waals surface area contributed by atoms with Crippen molar-refractivity contribution in [3.63, 3.8) is 0 Å². The number of allylic oxidation sites excluding steroid dienone is 6. The summed E-state index contributed by atoms with van der Waals surface area (Å²) in [4.78, 5) is 41.6. The Labute approximate surface area is 456 Å². The van der Waals surface area contributed by atoms with E-state index in [0.29, 0.717) is 11.1 Å². The molecule has 13 N–H and O–H groups in total. The predicted molar refractivity (Wildman–Crippen MR) is 292 cm³/mol. The van der Waals surface area contributed by atoms with Crippen molar-refractivity contribution in [3.05, 3.63) is 59.8 Å². The Hall–Kier alpha value is -4.06. The molecule has 77 heavy (non-hydrogen) atoms. The largest absolute Gasteiger partial charge is 0.481 e. The summed E-state index contributed by atoms with van der Waals surface area (Å²) in [7, 11) is 3.53. The van der Waals surface area contributed by atoms with Crippen LogP contribution in [0, 0.1) is 29.6 Å². The number of carboxylic acids is 1. The van der Waals surface area contributed by atoms with Gasteiger partial charge in [0.05, 0.1) is 54.9 Å². The molecule has 0 aliphatic carbocycles. The lowest BCUT2D eigenvalue weighted by molar-refractivity contribution is -0.333. The number of carbonyl (C=O) groups excluding carboxylic acids is 2. The molecule has 2 bridgehead atoms. The van der Waals surface area contributed by atoms with E-state index in [1.807, 2.05) is 27.0 Å². The number of carbonyl (C=O) groups is 3. The lowest BCUT2D eigenvalue weighted by Gasteiger charge is -2.45. The Morgan fingerprint density at radius 2 is 1.43 bits per heavy atom. The minimum absolute atomic E-state index is 0.0655. The van der Waals surface area contributed by atoms with E-state index in [1.165, 1.54) is 0 Å². The predicted octanol–water partition coefficient (Wildman–Crippen LogP) is 3.63. The van der Waals surface area contributed by atoms with E-state index in [4.69, 9.17) is 14.2 Å². The molecule has 20 nitrogen and oxygen atoms in total. The molecule has 0 saturated carbocycles. The molecule has 0 radical (unpaired) electrons. The van der Waals surface area contributed by atoms with Crippen LogP contribution in [0.5, 0.6) is 0 Å². The van der Waals surface area contributed by atoms with Crippen LogP contribution < -0.4 is 10.6 Å². The number of hydrogen-bond donors (Lipinski definition) is 13. The van der Waals surface area contributed by atoms with Crippen LogP contribution in [0.4, 0.5) is 0 Å². The normalized spacial score (nSPS) is 37.6. The molecule has 1 saturated heterocycles. The molecular weight excluding hydrogens is 999 g/mol. The second kappa shape index (κ2) is 35.5. The van der Waals surface area contributed by atoms with Gasteiger partial charge >= 0.3 is 17.9 Å². The van der Waals surface area contributed by atoms with Crippen molar-refractivity contribution in [3.8, 4) is 0 Å². The molecule has 18 atom stereocenters. The zero-order valence-electron chi connectivity index (χ0n) is 47.1. The lowest BCUT2D eigenvalue weighted by atomic mass is 9.84. The van der Waals surface area contributed by atoms with Crippen LogP contribution in [0.1, 0.15) is 145 Å². The van der Waals surface area contributed by atoms with Crippen LogP contribution >= 0.6 is 0 Å². The van der Waals surface area contributed by atoms with Crippen molar-refractivity contribution in [2.75, 3.05) is 20.6 Å². The van der Waals surface area contributed by atoms with E-state index in [2.05, 4.69) is 27.8 Å². The second-order valence-corrected chi connectivity index (χ2v) is 21.8. The van der Waals surface area contributed by atoms with Gasteiger partial charge in [-0.15, -0.1) is 0 Å². The molecular formula is C57H97N3O17. The lowest BCUT2D eigenvalue weighted by Crippen LogP contribution is -2.59.